The van der Waals surface area contributed by atoms with Crippen LogP contribution in [-0.2, 0) is 0 Å². The number of carbonyl (C=O) groups excluding carboxylic acids is 1. The van der Waals surface area contributed by atoms with E-state index in [0.29, 0.717) is 27.0 Å². The minimum Gasteiger partial charge on any atom is -0.345 e. The smallest absolute Gasteiger partial charge is 0.196 e. The highest BCUT2D eigenvalue weighted by molar-refractivity contribution is 6.33. The fourth-order valence-corrected chi connectivity index (χ4v) is 2.39. The van der Waals surface area contributed by atoms with Crippen molar-refractivity contribution >= 4 is 40.6 Å². The molecule has 0 aliphatic heterocycles. The van der Waals surface area contributed by atoms with Crippen LogP contribution >= 0.6 is 23.2 Å². The van der Waals surface area contributed by atoms with Crippen LogP contribution in [0.3, 0.4) is 0 Å². The summed E-state index contributed by atoms with van der Waals surface area (Å²) in [6, 6.07) is 14.0. The third-order valence-electron chi connectivity index (χ3n) is 3.29. The third-order valence-corrected chi connectivity index (χ3v) is 3.79. The minimum absolute atomic E-state index is 0.133. The van der Waals surface area contributed by atoms with Gasteiger partial charge in [0.1, 0.15) is 5.82 Å². The highest BCUT2D eigenvalue weighted by atomic mass is 35.5. The lowest BCUT2D eigenvalue weighted by atomic mass is 10.0. The molecular weight excluding hydrogens is 331 g/mol. The number of aromatic amines is 1. The molecule has 0 fully saturated rings. The first-order valence-electron chi connectivity index (χ1n) is 6.91. The van der Waals surface area contributed by atoms with Crippen molar-refractivity contribution in [2.45, 2.75) is 0 Å². The summed E-state index contributed by atoms with van der Waals surface area (Å²) in [5.74, 6) is 0.381. The molecule has 2 aromatic carbocycles. The van der Waals surface area contributed by atoms with Crippen molar-refractivity contribution in [2.24, 2.45) is 0 Å². The number of carbonyl (C=O) groups is 1. The molecule has 1 aromatic heterocycles. The SMILES string of the molecule is O=C(/C(=C/c1ccc(Cl)cc1)c1ncc[nH]1)c1ccc(Cl)cc1. The summed E-state index contributed by atoms with van der Waals surface area (Å²) in [6.07, 6.45) is 5.08. The third kappa shape index (κ3) is 3.70. The second kappa shape index (κ2) is 6.82. The van der Waals surface area contributed by atoms with Crippen molar-refractivity contribution in [3.05, 3.63) is 87.9 Å². The van der Waals surface area contributed by atoms with Crippen molar-refractivity contribution in [2.75, 3.05) is 0 Å². The number of H-pyrrole nitrogens is 1. The average molecular weight is 343 g/mol. The zero-order chi connectivity index (χ0) is 16.2. The van der Waals surface area contributed by atoms with Crippen LogP contribution in [0.15, 0.2) is 60.9 Å². The summed E-state index contributed by atoms with van der Waals surface area (Å²) in [5.41, 5.74) is 1.88. The standard InChI is InChI=1S/C18H12Cl2N2O/c19-14-5-1-12(2-6-14)11-16(18-21-9-10-22-18)17(23)13-3-7-15(20)8-4-13/h1-11H,(H,21,22)/b16-11-. The van der Waals surface area contributed by atoms with E-state index in [2.05, 4.69) is 9.97 Å². The van der Waals surface area contributed by atoms with Crippen LogP contribution in [0.5, 0.6) is 0 Å². The zero-order valence-electron chi connectivity index (χ0n) is 12.0. The summed E-state index contributed by atoms with van der Waals surface area (Å²) in [6.45, 7) is 0. The molecule has 3 rings (SSSR count). The van der Waals surface area contributed by atoms with Crippen molar-refractivity contribution in [3.63, 3.8) is 0 Å². The number of imidazole rings is 1. The molecule has 5 heteroatoms. The number of nitrogens with one attached hydrogen (secondary N) is 1. The maximum absolute atomic E-state index is 12.8. The molecular formula is C18H12Cl2N2O. The van der Waals surface area contributed by atoms with Crippen molar-refractivity contribution in [3.8, 4) is 0 Å². The van der Waals surface area contributed by atoms with Crippen molar-refractivity contribution in [1.29, 1.82) is 0 Å². The maximum atomic E-state index is 12.8. The van der Waals surface area contributed by atoms with E-state index in [1.54, 1.807) is 54.9 Å². The molecule has 1 heterocycles. The van der Waals surface area contributed by atoms with E-state index >= 15 is 0 Å². The van der Waals surface area contributed by atoms with Crippen LogP contribution in [0, 0.1) is 0 Å². The van der Waals surface area contributed by atoms with E-state index in [0.717, 1.165) is 5.56 Å². The predicted molar refractivity (Wildman–Crippen MR) is 93.7 cm³/mol. The lowest BCUT2D eigenvalue weighted by Gasteiger charge is -2.05. The van der Waals surface area contributed by atoms with Gasteiger partial charge >= 0.3 is 0 Å². The van der Waals surface area contributed by atoms with Crippen LogP contribution in [0.25, 0.3) is 11.6 Å². The van der Waals surface area contributed by atoms with Gasteiger partial charge in [0.2, 0.25) is 0 Å². The molecule has 114 valence electrons. The van der Waals surface area contributed by atoms with Crippen molar-refractivity contribution < 1.29 is 4.79 Å². The molecule has 1 N–H and O–H groups in total. The van der Waals surface area contributed by atoms with E-state index in [-0.39, 0.29) is 5.78 Å². The summed E-state index contributed by atoms with van der Waals surface area (Å²) < 4.78 is 0. The first kappa shape index (κ1) is 15.5. The minimum atomic E-state index is -0.133. The van der Waals surface area contributed by atoms with Gasteiger partial charge in [0.15, 0.2) is 5.78 Å². The van der Waals surface area contributed by atoms with Crippen molar-refractivity contribution in [1.82, 2.24) is 9.97 Å². The highest BCUT2D eigenvalue weighted by Crippen LogP contribution is 2.22. The normalized spacial score (nSPS) is 11.5. The molecule has 0 saturated carbocycles. The Balaban J connectivity index is 2.04. The van der Waals surface area contributed by atoms with E-state index in [1.165, 1.54) is 0 Å². The first-order valence-corrected chi connectivity index (χ1v) is 7.66. The number of benzene rings is 2. The Labute approximate surface area is 143 Å². The molecule has 0 aliphatic rings. The molecule has 0 amide bonds. The van der Waals surface area contributed by atoms with Crippen LogP contribution in [0.4, 0.5) is 0 Å². The number of hydrogen-bond donors (Lipinski definition) is 1. The number of nitrogens with zero attached hydrogens (tertiary/aromatic N) is 1. The number of halogens is 2. The summed E-state index contributed by atoms with van der Waals surface area (Å²) in [7, 11) is 0. The Morgan fingerprint density at radius 3 is 2.13 bits per heavy atom. The molecule has 3 aromatic rings. The molecule has 23 heavy (non-hydrogen) atoms. The molecule has 0 radical (unpaired) electrons. The van der Waals surface area contributed by atoms with E-state index in [1.807, 2.05) is 12.1 Å². The number of ketones is 1. The van der Waals surface area contributed by atoms with Gasteiger partial charge in [-0.2, -0.15) is 0 Å². The quantitative estimate of drug-likeness (QED) is 0.527. The number of rotatable bonds is 4. The van der Waals surface area contributed by atoms with Gasteiger partial charge in [0, 0.05) is 28.0 Å². The summed E-state index contributed by atoms with van der Waals surface area (Å²) >= 11 is 11.8. The average Bonchev–Trinajstić information content (AvgIpc) is 3.08. The molecule has 0 aliphatic carbocycles. The van der Waals surface area contributed by atoms with E-state index in [4.69, 9.17) is 23.2 Å². The van der Waals surface area contributed by atoms with Gasteiger partial charge in [-0.25, -0.2) is 4.98 Å². The van der Waals surface area contributed by atoms with Gasteiger partial charge in [-0.3, -0.25) is 4.79 Å². The van der Waals surface area contributed by atoms with Crippen LogP contribution in [0.2, 0.25) is 10.0 Å². The van der Waals surface area contributed by atoms with Gasteiger partial charge < -0.3 is 4.98 Å². The molecule has 0 saturated heterocycles. The Bertz CT molecular complexity index is 836. The van der Waals surface area contributed by atoms with Gasteiger partial charge in [-0.15, -0.1) is 0 Å². The van der Waals surface area contributed by atoms with E-state index in [9.17, 15) is 4.79 Å². The van der Waals surface area contributed by atoms with E-state index < -0.39 is 0 Å². The molecule has 0 unspecified atom stereocenters. The lowest BCUT2D eigenvalue weighted by molar-refractivity contribution is 0.105. The zero-order valence-corrected chi connectivity index (χ0v) is 13.5. The topological polar surface area (TPSA) is 45.8 Å². The monoisotopic (exact) mass is 342 g/mol. The molecule has 0 bridgehead atoms. The maximum Gasteiger partial charge on any atom is 0.196 e. The second-order valence-electron chi connectivity index (χ2n) is 4.88. The number of hydrogen-bond acceptors (Lipinski definition) is 2. The predicted octanol–water partition coefficient (Wildman–Crippen LogP) is 5.14. The molecule has 0 atom stereocenters. The molecule has 0 spiro atoms. The van der Waals surface area contributed by atoms with Crippen LogP contribution in [-0.4, -0.2) is 15.8 Å². The number of Topliss-reactive ketones (excluding diaryl/α,β-unsaturated/α-hetero) is 1. The summed E-state index contributed by atoms with van der Waals surface area (Å²) in [4.78, 5) is 20.0. The second-order valence-corrected chi connectivity index (χ2v) is 5.76. The van der Waals surface area contributed by atoms with Gasteiger partial charge in [0.25, 0.3) is 0 Å². The Morgan fingerprint density at radius 2 is 1.57 bits per heavy atom. The largest absolute Gasteiger partial charge is 0.345 e. The fraction of sp³-hybridized carbons (Fsp3) is 0. The highest BCUT2D eigenvalue weighted by Gasteiger charge is 2.16. The number of allylic oxidation sites excluding steroid dienone is 1. The van der Waals surface area contributed by atoms with Gasteiger partial charge in [0.05, 0.1) is 5.57 Å². The first-order chi connectivity index (χ1) is 11.1. The number of aromatic nitrogens is 2. The Hall–Kier alpha value is -2.36. The van der Waals surface area contributed by atoms with Gasteiger partial charge in [-0.1, -0.05) is 35.3 Å². The fourth-order valence-electron chi connectivity index (χ4n) is 2.14. The molecule has 3 nitrogen and oxygen atoms in total. The Kier molecular flexibility index (Phi) is 4.60. The van der Waals surface area contributed by atoms with Crippen LogP contribution in [0.1, 0.15) is 21.7 Å². The Morgan fingerprint density at radius 1 is 0.957 bits per heavy atom. The van der Waals surface area contributed by atoms with Gasteiger partial charge in [-0.05, 0) is 48.0 Å². The lowest BCUT2D eigenvalue weighted by Crippen LogP contribution is -2.04. The summed E-state index contributed by atoms with van der Waals surface area (Å²) in [5, 5.41) is 1.23. The van der Waals surface area contributed by atoms with Crippen LogP contribution < -0.4 is 0 Å².